The van der Waals surface area contributed by atoms with Gasteiger partial charge in [0.05, 0.1) is 5.76 Å². The predicted molar refractivity (Wildman–Crippen MR) is 130 cm³/mol. The van der Waals surface area contributed by atoms with Crippen molar-refractivity contribution in [2.45, 2.75) is 71.9 Å². The van der Waals surface area contributed by atoms with Crippen LogP contribution in [0.1, 0.15) is 33.1 Å². The minimum Gasteiger partial charge on any atom is -0.521 e. The van der Waals surface area contributed by atoms with Gasteiger partial charge in [-0.05, 0) is 58.6 Å². The first-order valence-electron chi connectivity index (χ1n) is 10.2. The molecule has 0 aromatic rings. The molecule has 0 aromatic heterocycles. The number of carbonyl (C=O) groups excluding carboxylic acids is 1. The van der Waals surface area contributed by atoms with Crippen LogP contribution in [-0.4, -0.2) is 47.6 Å². The summed E-state index contributed by atoms with van der Waals surface area (Å²) in [5, 5.41) is 0. The number of hydrogen-bond donors (Lipinski definition) is 2. The maximum atomic E-state index is 11.9. The van der Waals surface area contributed by atoms with Crippen LogP contribution in [0.15, 0.2) is 36.6 Å². The van der Waals surface area contributed by atoms with Crippen LogP contribution in [0.5, 0.6) is 0 Å². The highest BCUT2D eigenvalue weighted by Crippen LogP contribution is 2.36. The van der Waals surface area contributed by atoms with Crippen LogP contribution in [0.3, 0.4) is 0 Å². The number of hydrogen-bond acceptors (Lipinski definition) is 6. The Hall–Kier alpha value is -0.789. The second-order valence-electron chi connectivity index (χ2n) is 8.81. The van der Waals surface area contributed by atoms with Crippen molar-refractivity contribution in [1.29, 1.82) is 0 Å². The number of unbranched alkanes of at least 4 members (excludes halogenated alkanes) is 2. The Morgan fingerprint density at radius 3 is 1.84 bits per heavy atom. The Bertz CT molecular complexity index is 732. The summed E-state index contributed by atoms with van der Waals surface area (Å²) in [6.07, 6.45) is 1.61. The molecule has 0 amide bonds. The van der Waals surface area contributed by atoms with Crippen molar-refractivity contribution in [1.82, 2.24) is 0 Å². The minimum absolute atomic E-state index is 0.136. The molecule has 0 bridgehead atoms. The van der Waals surface area contributed by atoms with E-state index in [1.807, 2.05) is 19.6 Å². The molecule has 12 heteroatoms. The fraction of sp³-hybridized carbons (Fsp3) is 0.632. The third-order valence-corrected chi connectivity index (χ3v) is 15.2. The van der Waals surface area contributed by atoms with E-state index in [1.54, 1.807) is 26.9 Å². The zero-order valence-electron chi connectivity index (χ0n) is 19.9. The summed E-state index contributed by atoms with van der Waals surface area (Å²) >= 11 is 0. The monoisotopic (exact) mass is 510 g/mol. The summed E-state index contributed by atoms with van der Waals surface area (Å²) in [5.74, 6) is -0.0437. The van der Waals surface area contributed by atoms with Crippen LogP contribution in [0.2, 0.25) is 38.8 Å². The first-order chi connectivity index (χ1) is 13.8. The normalized spacial score (nSPS) is 14.5. The molecule has 0 aliphatic heterocycles. The highest BCUT2D eigenvalue weighted by molar-refractivity contribution is 7.51. The minimum atomic E-state index is -3.99. The van der Waals surface area contributed by atoms with Gasteiger partial charge >= 0.3 is 39.2 Å². The van der Waals surface area contributed by atoms with E-state index in [1.165, 1.54) is 0 Å². The zero-order valence-corrected chi connectivity index (χ0v) is 23.8. The van der Waals surface area contributed by atoms with E-state index >= 15 is 0 Å². The smallest absolute Gasteiger partial charge is 0.386 e. The Kier molecular flexibility index (Phi) is 11.6. The number of rotatable bonds is 15. The predicted octanol–water partition coefficient (Wildman–Crippen LogP) is 5.07. The van der Waals surface area contributed by atoms with E-state index in [-0.39, 0.29) is 6.16 Å². The Morgan fingerprint density at radius 2 is 1.39 bits per heavy atom. The van der Waals surface area contributed by atoms with E-state index in [0.29, 0.717) is 42.2 Å². The van der Waals surface area contributed by atoms with Crippen LogP contribution < -0.4 is 0 Å². The average molecular weight is 511 g/mol. The summed E-state index contributed by atoms with van der Waals surface area (Å²) in [6, 6.07) is 0.591. The van der Waals surface area contributed by atoms with Gasteiger partial charge in [0.2, 0.25) is 0 Å². The molecule has 0 radical (unpaired) electrons. The Labute approximate surface area is 190 Å². The summed E-state index contributed by atoms with van der Waals surface area (Å²) in [4.78, 5) is 30.0. The topological polar surface area (TPSA) is 112 Å². The first kappa shape index (κ1) is 30.2. The SMILES string of the molecule is C=C(C)C(=C)O[Si](C)(CCCCCP(=O)(O)O)O[Si](C)(C)O[Si](C)(C)OC(=O)C(=C)C. The third kappa shape index (κ3) is 14.1. The van der Waals surface area contributed by atoms with E-state index in [9.17, 15) is 9.36 Å². The van der Waals surface area contributed by atoms with Crippen LogP contribution >= 0.6 is 7.60 Å². The number of carbonyl (C=O) groups is 1. The van der Waals surface area contributed by atoms with Gasteiger partial charge < -0.3 is 26.9 Å². The molecule has 0 aliphatic carbocycles. The van der Waals surface area contributed by atoms with E-state index in [2.05, 4.69) is 19.7 Å². The van der Waals surface area contributed by atoms with Gasteiger partial charge in [-0.15, -0.1) is 0 Å². The van der Waals surface area contributed by atoms with Gasteiger partial charge in [0.1, 0.15) is 0 Å². The molecule has 1 atom stereocenters. The lowest BCUT2D eigenvalue weighted by Crippen LogP contribution is -2.55. The second-order valence-corrected chi connectivity index (χ2v) is 21.0. The van der Waals surface area contributed by atoms with Crippen LogP contribution in [0.25, 0.3) is 0 Å². The van der Waals surface area contributed by atoms with Crippen LogP contribution in [0.4, 0.5) is 0 Å². The largest absolute Gasteiger partial charge is 0.521 e. The van der Waals surface area contributed by atoms with Crippen molar-refractivity contribution >= 4 is 39.2 Å². The molecule has 31 heavy (non-hydrogen) atoms. The zero-order chi connectivity index (χ0) is 24.7. The molecule has 180 valence electrons. The molecule has 1 unspecified atom stereocenters. The molecule has 2 N–H and O–H groups in total. The van der Waals surface area contributed by atoms with Gasteiger partial charge in [0, 0.05) is 17.8 Å². The molecule has 8 nitrogen and oxygen atoms in total. The van der Waals surface area contributed by atoms with Gasteiger partial charge in [-0.3, -0.25) is 4.57 Å². The molecule has 0 aromatic carbocycles. The van der Waals surface area contributed by atoms with Crippen molar-refractivity contribution in [3.05, 3.63) is 36.6 Å². The maximum Gasteiger partial charge on any atom is 0.386 e. The lowest BCUT2D eigenvalue weighted by Gasteiger charge is -2.39. The third-order valence-electron chi connectivity index (χ3n) is 4.04. The summed E-state index contributed by atoms with van der Waals surface area (Å²) in [6.45, 7) is 24.0. The standard InChI is InChI=1S/C19H39O8PSi3/c1-16(2)18(5)24-31(10,15-13-11-12-14-28(21,22)23)27-30(8,9)26-29(6,7)25-19(20)17(3)4/h1,3,5,11-15H2,2,4,6-10H3,(H2,21,22,23). The van der Waals surface area contributed by atoms with Gasteiger partial charge in [-0.2, -0.15) is 0 Å². The van der Waals surface area contributed by atoms with Gasteiger partial charge in [-0.1, -0.05) is 32.6 Å². The molecule has 0 heterocycles. The molecular formula is C19H39O8PSi3. The molecular weight excluding hydrogens is 471 g/mol. The van der Waals surface area contributed by atoms with E-state index < -0.39 is 39.2 Å². The Balaban J connectivity index is 5.27. The van der Waals surface area contributed by atoms with E-state index in [0.717, 1.165) is 0 Å². The quantitative estimate of drug-likeness (QED) is 0.0784. The maximum absolute atomic E-state index is 11.9. The molecule has 0 saturated carbocycles. The fourth-order valence-electron chi connectivity index (χ4n) is 2.88. The lowest BCUT2D eigenvalue weighted by atomic mass is 10.3. The lowest BCUT2D eigenvalue weighted by molar-refractivity contribution is -0.131. The molecule has 0 saturated heterocycles. The van der Waals surface area contributed by atoms with Gasteiger partial charge in [-0.25, -0.2) is 4.79 Å². The summed E-state index contributed by atoms with van der Waals surface area (Å²) in [7, 11) is -12.4. The van der Waals surface area contributed by atoms with Crippen LogP contribution in [0, 0.1) is 0 Å². The molecule has 0 rings (SSSR count). The van der Waals surface area contributed by atoms with Gasteiger partial charge in [0.15, 0.2) is 0 Å². The average Bonchev–Trinajstić information content (AvgIpc) is 2.50. The van der Waals surface area contributed by atoms with Crippen LogP contribution in [-0.2, 0) is 26.4 Å². The Morgan fingerprint density at radius 1 is 0.839 bits per heavy atom. The van der Waals surface area contributed by atoms with Crippen molar-refractivity contribution < 1.29 is 36.2 Å². The first-order valence-corrected chi connectivity index (χ1v) is 20.1. The molecule has 0 spiro atoms. The fourth-order valence-corrected chi connectivity index (χ4v) is 16.0. The highest BCUT2D eigenvalue weighted by Gasteiger charge is 2.46. The van der Waals surface area contributed by atoms with E-state index in [4.69, 9.17) is 26.9 Å². The van der Waals surface area contributed by atoms with Gasteiger partial charge in [0.25, 0.3) is 0 Å². The van der Waals surface area contributed by atoms with Crippen molar-refractivity contribution in [3.8, 4) is 0 Å². The summed E-state index contributed by atoms with van der Waals surface area (Å²) in [5.41, 5.74) is 0.995. The molecule has 0 aliphatic rings. The molecule has 0 fully saturated rings. The summed E-state index contributed by atoms with van der Waals surface area (Å²) < 4.78 is 35.4. The van der Waals surface area contributed by atoms with Crippen molar-refractivity contribution in [2.24, 2.45) is 0 Å². The van der Waals surface area contributed by atoms with Crippen molar-refractivity contribution in [3.63, 3.8) is 0 Å². The number of allylic oxidation sites excluding steroid dienone is 1. The second kappa shape index (κ2) is 11.9. The highest BCUT2D eigenvalue weighted by atomic mass is 31.2. The van der Waals surface area contributed by atoms with Crippen molar-refractivity contribution in [2.75, 3.05) is 6.16 Å².